The summed E-state index contributed by atoms with van der Waals surface area (Å²) in [7, 11) is 0. The first-order valence-corrected chi connectivity index (χ1v) is 13.1. The normalized spacial score (nSPS) is 14.2. The number of carbonyl (C=O) groups is 1. The van der Waals surface area contributed by atoms with E-state index in [0.717, 1.165) is 49.7 Å². The second-order valence-corrected chi connectivity index (χ2v) is 10.1. The van der Waals surface area contributed by atoms with E-state index in [9.17, 15) is 9.90 Å². The summed E-state index contributed by atoms with van der Waals surface area (Å²) in [5.41, 5.74) is 5.70. The Kier molecular flexibility index (Phi) is 8.77. The topological polar surface area (TPSA) is 42.2 Å². The van der Waals surface area contributed by atoms with Gasteiger partial charge in [0.15, 0.2) is 0 Å². The van der Waals surface area contributed by atoms with E-state index < -0.39 is 5.97 Å². The summed E-state index contributed by atoms with van der Waals surface area (Å²) in [5, 5.41) is 11.3. The first-order valence-electron chi connectivity index (χ1n) is 13.1. The van der Waals surface area contributed by atoms with Crippen molar-refractivity contribution < 1.29 is 9.90 Å². The molecule has 0 aliphatic heterocycles. The van der Waals surface area contributed by atoms with Crippen molar-refractivity contribution in [2.45, 2.75) is 79.2 Å². The van der Waals surface area contributed by atoms with E-state index in [2.05, 4.69) is 88.3 Å². The third kappa shape index (κ3) is 5.61. The zero-order valence-electron chi connectivity index (χ0n) is 22.1. The largest absolute Gasteiger partial charge is 0.478 e. The second-order valence-electron chi connectivity index (χ2n) is 10.1. The van der Waals surface area contributed by atoms with Crippen LogP contribution < -0.4 is 0 Å². The SMILES string of the molecule is C=CC(C)(C)/C=C\c1c(C(=O)O)ccc2c(C(CCC)CCC)c(C3=CC=CCC=C3)n(CC)c12. The molecule has 1 heterocycles. The molecule has 35 heavy (non-hydrogen) atoms. The van der Waals surface area contributed by atoms with Gasteiger partial charge in [0.05, 0.1) is 16.8 Å². The van der Waals surface area contributed by atoms with Crippen LogP contribution in [-0.4, -0.2) is 15.6 Å². The molecule has 0 atom stereocenters. The standard InChI is InChI=1S/C32H41NO2/c1-7-15-23(16-8-2)28-27-20-19-26(31(34)35)25(21-22-32(5,6)9-3)30(27)33(10-4)29(28)24-17-13-11-12-14-18-24/h9,11,13-14,17-23H,3,7-8,10,12,15-16H2,1-2,4-6H3,(H,34,35)/b22-21-. The van der Waals surface area contributed by atoms with Gasteiger partial charge in [0, 0.05) is 22.9 Å². The van der Waals surface area contributed by atoms with E-state index >= 15 is 0 Å². The molecule has 0 radical (unpaired) electrons. The van der Waals surface area contributed by atoms with Gasteiger partial charge >= 0.3 is 5.97 Å². The number of hydrogen-bond acceptors (Lipinski definition) is 1. The van der Waals surface area contributed by atoms with Gasteiger partial charge in [0.2, 0.25) is 0 Å². The molecular weight excluding hydrogens is 430 g/mol. The lowest BCUT2D eigenvalue weighted by molar-refractivity contribution is 0.0697. The highest BCUT2D eigenvalue weighted by molar-refractivity contribution is 6.04. The third-order valence-corrected chi connectivity index (χ3v) is 6.99. The zero-order valence-corrected chi connectivity index (χ0v) is 22.1. The van der Waals surface area contributed by atoms with Crippen LogP contribution in [0.2, 0.25) is 0 Å². The fourth-order valence-electron chi connectivity index (χ4n) is 5.13. The van der Waals surface area contributed by atoms with Crippen molar-refractivity contribution in [3.05, 3.63) is 83.6 Å². The van der Waals surface area contributed by atoms with Crippen molar-refractivity contribution in [2.24, 2.45) is 5.41 Å². The van der Waals surface area contributed by atoms with E-state index in [-0.39, 0.29) is 5.41 Å². The van der Waals surface area contributed by atoms with Gasteiger partial charge in [-0.25, -0.2) is 4.79 Å². The first kappa shape index (κ1) is 26.5. The molecule has 1 N–H and O–H groups in total. The molecule has 3 rings (SSSR count). The van der Waals surface area contributed by atoms with Gasteiger partial charge in [0.25, 0.3) is 0 Å². The number of carboxylic acid groups (broad SMARTS) is 1. The van der Waals surface area contributed by atoms with Crippen LogP contribution in [0.3, 0.4) is 0 Å². The Labute approximate surface area is 211 Å². The van der Waals surface area contributed by atoms with Crippen molar-refractivity contribution in [2.75, 3.05) is 0 Å². The zero-order chi connectivity index (χ0) is 25.6. The van der Waals surface area contributed by atoms with Gasteiger partial charge in [-0.2, -0.15) is 0 Å². The number of rotatable bonds is 11. The molecule has 1 aliphatic carbocycles. The van der Waals surface area contributed by atoms with E-state index in [1.165, 1.54) is 22.2 Å². The van der Waals surface area contributed by atoms with Crippen LogP contribution in [0.15, 0.2) is 61.2 Å². The Hall–Kier alpha value is -3.07. The lowest BCUT2D eigenvalue weighted by Crippen LogP contribution is -2.07. The van der Waals surface area contributed by atoms with Crippen molar-refractivity contribution in [3.63, 3.8) is 0 Å². The molecule has 1 aromatic carbocycles. The summed E-state index contributed by atoms with van der Waals surface area (Å²) in [5.74, 6) is -0.473. The van der Waals surface area contributed by atoms with Crippen LogP contribution in [0.5, 0.6) is 0 Å². The molecule has 0 saturated heterocycles. The van der Waals surface area contributed by atoms with Gasteiger partial charge in [0.1, 0.15) is 0 Å². The molecule has 0 spiro atoms. The maximum absolute atomic E-state index is 12.3. The molecule has 1 aromatic heterocycles. The van der Waals surface area contributed by atoms with Crippen molar-refractivity contribution in [3.8, 4) is 0 Å². The molecule has 186 valence electrons. The molecule has 0 bridgehead atoms. The number of allylic oxidation sites excluding steroid dienone is 8. The van der Waals surface area contributed by atoms with Gasteiger partial charge in [-0.1, -0.05) is 95.2 Å². The molecular formula is C32H41NO2. The Morgan fingerprint density at radius 1 is 1.17 bits per heavy atom. The lowest BCUT2D eigenvalue weighted by atomic mass is 9.85. The summed E-state index contributed by atoms with van der Waals surface area (Å²) in [4.78, 5) is 12.3. The quantitative estimate of drug-likeness (QED) is 0.332. The van der Waals surface area contributed by atoms with Crippen molar-refractivity contribution in [1.82, 2.24) is 4.57 Å². The fourth-order valence-corrected chi connectivity index (χ4v) is 5.13. The summed E-state index contributed by atoms with van der Waals surface area (Å²) in [6, 6.07) is 3.85. The minimum absolute atomic E-state index is 0.239. The number of aromatic carboxylic acids is 1. The van der Waals surface area contributed by atoms with E-state index in [1.54, 1.807) is 6.07 Å². The van der Waals surface area contributed by atoms with Crippen LogP contribution in [0.4, 0.5) is 0 Å². The number of carboxylic acids is 1. The molecule has 3 heteroatoms. The predicted octanol–water partition coefficient (Wildman–Crippen LogP) is 9.17. The van der Waals surface area contributed by atoms with E-state index in [1.807, 2.05) is 12.2 Å². The van der Waals surface area contributed by atoms with Crippen LogP contribution in [0.25, 0.3) is 22.6 Å². The number of fused-ring (bicyclic) bond motifs is 1. The number of benzene rings is 1. The Morgan fingerprint density at radius 3 is 2.49 bits per heavy atom. The van der Waals surface area contributed by atoms with Gasteiger partial charge in [-0.3, -0.25) is 0 Å². The summed E-state index contributed by atoms with van der Waals surface area (Å²) < 4.78 is 2.35. The van der Waals surface area contributed by atoms with Crippen LogP contribution in [0, 0.1) is 5.41 Å². The highest BCUT2D eigenvalue weighted by atomic mass is 16.4. The Bertz CT molecular complexity index is 1190. The van der Waals surface area contributed by atoms with Crippen LogP contribution in [-0.2, 0) is 6.54 Å². The molecule has 1 aliphatic rings. The monoisotopic (exact) mass is 471 g/mol. The molecule has 2 aromatic rings. The maximum atomic E-state index is 12.3. The number of aryl methyl sites for hydroxylation is 1. The smallest absolute Gasteiger partial charge is 0.336 e. The van der Waals surface area contributed by atoms with Gasteiger partial charge < -0.3 is 9.67 Å². The summed E-state index contributed by atoms with van der Waals surface area (Å²) in [6.45, 7) is 15.6. The van der Waals surface area contributed by atoms with E-state index in [4.69, 9.17) is 0 Å². The molecule has 0 saturated carbocycles. The van der Waals surface area contributed by atoms with Gasteiger partial charge in [-0.15, -0.1) is 6.58 Å². The van der Waals surface area contributed by atoms with Crippen molar-refractivity contribution >= 4 is 28.5 Å². The number of hydrogen-bond donors (Lipinski definition) is 1. The average Bonchev–Trinajstić information content (AvgIpc) is 2.96. The minimum atomic E-state index is -0.898. The van der Waals surface area contributed by atoms with Crippen LogP contribution >= 0.6 is 0 Å². The van der Waals surface area contributed by atoms with Crippen LogP contribution in [0.1, 0.15) is 99.8 Å². The molecule has 3 nitrogen and oxygen atoms in total. The molecule has 0 fully saturated rings. The lowest BCUT2D eigenvalue weighted by Gasteiger charge is -2.19. The fraction of sp³-hybridized carbons (Fsp3) is 0.406. The maximum Gasteiger partial charge on any atom is 0.336 e. The summed E-state index contributed by atoms with van der Waals surface area (Å²) in [6.07, 6.45) is 22.3. The molecule has 0 unspecified atom stereocenters. The van der Waals surface area contributed by atoms with Gasteiger partial charge in [-0.05, 0) is 49.3 Å². The van der Waals surface area contributed by atoms with Crippen molar-refractivity contribution in [1.29, 1.82) is 0 Å². The number of nitrogens with zero attached hydrogens (tertiary/aromatic N) is 1. The molecule has 0 amide bonds. The Balaban J connectivity index is 2.50. The highest BCUT2D eigenvalue weighted by Crippen LogP contribution is 2.43. The first-order chi connectivity index (χ1) is 16.8. The number of aromatic nitrogens is 1. The third-order valence-electron chi connectivity index (χ3n) is 6.99. The summed E-state index contributed by atoms with van der Waals surface area (Å²) >= 11 is 0. The minimum Gasteiger partial charge on any atom is -0.478 e. The predicted molar refractivity (Wildman–Crippen MR) is 151 cm³/mol. The Morgan fingerprint density at radius 2 is 1.89 bits per heavy atom. The highest BCUT2D eigenvalue weighted by Gasteiger charge is 2.27. The van der Waals surface area contributed by atoms with E-state index in [0.29, 0.717) is 11.5 Å². The second kappa shape index (κ2) is 11.6. The average molecular weight is 472 g/mol.